The van der Waals surface area contributed by atoms with Crippen LogP contribution in [-0.4, -0.2) is 40.7 Å². The fourth-order valence-electron chi connectivity index (χ4n) is 2.83. The average molecular weight is 334 g/mol. The van der Waals surface area contributed by atoms with Crippen LogP contribution in [0.1, 0.15) is 27.5 Å². The number of carbonyl (C=O) groups is 1. The van der Waals surface area contributed by atoms with Gasteiger partial charge in [-0.15, -0.1) is 0 Å². The molecule has 0 aliphatic carbocycles. The first-order chi connectivity index (χ1) is 11.5. The summed E-state index contributed by atoms with van der Waals surface area (Å²) in [5.74, 6) is -2.31. The Balaban J connectivity index is 1.84. The Morgan fingerprint density at radius 3 is 2.71 bits per heavy atom. The summed E-state index contributed by atoms with van der Waals surface area (Å²) >= 11 is 0. The van der Waals surface area contributed by atoms with Crippen molar-refractivity contribution in [3.63, 3.8) is 0 Å². The van der Waals surface area contributed by atoms with E-state index < -0.39 is 17.6 Å². The lowest BCUT2D eigenvalue weighted by Crippen LogP contribution is -2.39. The summed E-state index contributed by atoms with van der Waals surface area (Å²) in [5.41, 5.74) is 1.32. The van der Waals surface area contributed by atoms with Gasteiger partial charge >= 0.3 is 5.97 Å². The van der Waals surface area contributed by atoms with Crippen molar-refractivity contribution in [2.75, 3.05) is 19.8 Å². The number of rotatable bonds is 4. The van der Waals surface area contributed by atoms with Gasteiger partial charge in [0, 0.05) is 31.5 Å². The molecule has 1 saturated heterocycles. The highest BCUT2D eigenvalue weighted by atomic mass is 19.1. The highest BCUT2D eigenvalue weighted by molar-refractivity contribution is 5.87. The Morgan fingerprint density at radius 2 is 2.00 bits per heavy atom. The van der Waals surface area contributed by atoms with Crippen molar-refractivity contribution in [1.29, 1.82) is 0 Å². The van der Waals surface area contributed by atoms with Crippen LogP contribution in [0.3, 0.4) is 0 Å². The minimum absolute atomic E-state index is 0.106. The zero-order valence-electron chi connectivity index (χ0n) is 12.8. The van der Waals surface area contributed by atoms with E-state index in [1.54, 1.807) is 12.3 Å². The zero-order chi connectivity index (χ0) is 17.1. The van der Waals surface area contributed by atoms with Crippen molar-refractivity contribution < 1.29 is 23.4 Å². The number of hydrogen-bond donors (Lipinski definition) is 1. The van der Waals surface area contributed by atoms with E-state index in [9.17, 15) is 13.6 Å². The summed E-state index contributed by atoms with van der Waals surface area (Å²) in [5, 5.41) is 9.05. The largest absolute Gasteiger partial charge is 0.478 e. The summed E-state index contributed by atoms with van der Waals surface area (Å²) in [4.78, 5) is 17.0. The highest BCUT2D eigenvalue weighted by Crippen LogP contribution is 2.27. The highest BCUT2D eigenvalue weighted by Gasteiger charge is 2.26. The molecule has 2 heterocycles. The van der Waals surface area contributed by atoms with Gasteiger partial charge in [-0.1, -0.05) is 0 Å². The van der Waals surface area contributed by atoms with Crippen molar-refractivity contribution in [2.45, 2.75) is 12.6 Å². The smallest absolute Gasteiger partial charge is 0.337 e. The molecule has 126 valence electrons. The van der Waals surface area contributed by atoms with Crippen molar-refractivity contribution in [1.82, 2.24) is 9.88 Å². The van der Waals surface area contributed by atoms with Gasteiger partial charge in [0.25, 0.3) is 0 Å². The molecule has 1 aromatic heterocycles. The third-order valence-electron chi connectivity index (χ3n) is 3.94. The summed E-state index contributed by atoms with van der Waals surface area (Å²) in [6.07, 6.45) is 2.87. The van der Waals surface area contributed by atoms with Gasteiger partial charge in [0.05, 0.1) is 24.8 Å². The number of morpholine rings is 1. The van der Waals surface area contributed by atoms with Gasteiger partial charge in [0.15, 0.2) is 0 Å². The Kier molecular flexibility index (Phi) is 4.82. The lowest BCUT2D eigenvalue weighted by molar-refractivity contribution is -0.0129. The van der Waals surface area contributed by atoms with Gasteiger partial charge < -0.3 is 9.84 Å². The fourth-order valence-corrected chi connectivity index (χ4v) is 2.83. The normalized spacial score (nSPS) is 18.5. The maximum atomic E-state index is 13.5. The summed E-state index contributed by atoms with van der Waals surface area (Å²) < 4.78 is 32.5. The second-order valence-electron chi connectivity index (χ2n) is 5.65. The molecule has 1 N–H and O–H groups in total. The molecule has 0 saturated carbocycles. The summed E-state index contributed by atoms with van der Waals surface area (Å²) in [6, 6.07) is 4.66. The Bertz CT molecular complexity index is 734. The van der Waals surface area contributed by atoms with Gasteiger partial charge in [-0.25, -0.2) is 13.6 Å². The molecule has 7 heteroatoms. The molecule has 1 atom stereocenters. The molecular weight excluding hydrogens is 318 g/mol. The van der Waals surface area contributed by atoms with E-state index in [-0.39, 0.29) is 11.6 Å². The number of pyridine rings is 1. The molecule has 1 aliphatic rings. The van der Waals surface area contributed by atoms with Gasteiger partial charge in [0.1, 0.15) is 11.6 Å². The number of ether oxygens (including phenoxy) is 1. The van der Waals surface area contributed by atoms with E-state index in [1.807, 2.05) is 4.90 Å². The van der Waals surface area contributed by atoms with Crippen LogP contribution in [-0.2, 0) is 11.3 Å². The first kappa shape index (κ1) is 16.5. The van der Waals surface area contributed by atoms with Crippen LogP contribution in [0.5, 0.6) is 0 Å². The second kappa shape index (κ2) is 7.02. The number of halogens is 2. The first-order valence-electron chi connectivity index (χ1n) is 7.48. The minimum Gasteiger partial charge on any atom is -0.478 e. The van der Waals surface area contributed by atoms with Gasteiger partial charge in [0.2, 0.25) is 0 Å². The summed E-state index contributed by atoms with van der Waals surface area (Å²) in [6.45, 7) is 1.80. The molecule has 2 aromatic rings. The predicted molar refractivity (Wildman–Crippen MR) is 81.5 cm³/mol. The van der Waals surface area contributed by atoms with Crippen LogP contribution < -0.4 is 0 Å². The topological polar surface area (TPSA) is 62.7 Å². The number of carboxylic acid groups (broad SMARTS) is 1. The molecule has 1 fully saturated rings. The quantitative estimate of drug-likeness (QED) is 0.931. The van der Waals surface area contributed by atoms with Crippen molar-refractivity contribution in [2.24, 2.45) is 0 Å². The van der Waals surface area contributed by atoms with E-state index in [2.05, 4.69) is 4.98 Å². The molecular formula is C17H16F2N2O3. The number of hydrogen-bond acceptors (Lipinski definition) is 4. The Morgan fingerprint density at radius 1 is 1.25 bits per heavy atom. The Hall–Kier alpha value is -2.38. The molecule has 0 radical (unpaired) electrons. The van der Waals surface area contributed by atoms with E-state index >= 15 is 0 Å². The van der Waals surface area contributed by atoms with Crippen molar-refractivity contribution >= 4 is 5.97 Å². The third-order valence-corrected chi connectivity index (χ3v) is 3.94. The zero-order valence-corrected chi connectivity index (χ0v) is 12.8. The van der Waals surface area contributed by atoms with E-state index in [4.69, 9.17) is 9.84 Å². The van der Waals surface area contributed by atoms with E-state index in [0.717, 1.165) is 11.6 Å². The molecule has 1 unspecified atom stereocenters. The molecule has 1 aliphatic heterocycles. The first-order valence-corrected chi connectivity index (χ1v) is 7.48. The lowest BCUT2D eigenvalue weighted by Gasteiger charge is -2.36. The SMILES string of the molecule is O=C(O)c1cncc(CN2CCOCC2c2cc(F)cc(F)c2)c1. The fraction of sp³-hybridized carbons (Fsp3) is 0.294. The van der Waals surface area contributed by atoms with Crippen molar-refractivity contribution in [3.8, 4) is 0 Å². The molecule has 5 nitrogen and oxygen atoms in total. The molecule has 3 rings (SSSR count). The van der Waals surface area contributed by atoms with Crippen LogP contribution in [0.25, 0.3) is 0 Å². The maximum absolute atomic E-state index is 13.5. The van der Waals surface area contributed by atoms with E-state index in [1.165, 1.54) is 18.3 Å². The van der Waals surface area contributed by atoms with E-state index in [0.29, 0.717) is 31.9 Å². The van der Waals surface area contributed by atoms with Crippen LogP contribution >= 0.6 is 0 Å². The second-order valence-corrected chi connectivity index (χ2v) is 5.65. The summed E-state index contributed by atoms with van der Waals surface area (Å²) in [7, 11) is 0. The van der Waals surface area contributed by atoms with Gasteiger partial charge in [-0.3, -0.25) is 9.88 Å². The third kappa shape index (κ3) is 3.74. The number of benzene rings is 1. The van der Waals surface area contributed by atoms with Crippen LogP contribution in [0.4, 0.5) is 8.78 Å². The molecule has 0 spiro atoms. The minimum atomic E-state index is -1.05. The lowest BCUT2D eigenvalue weighted by atomic mass is 10.0. The van der Waals surface area contributed by atoms with Gasteiger partial charge in [-0.05, 0) is 29.3 Å². The predicted octanol–water partition coefficient (Wildman–Crippen LogP) is 2.63. The van der Waals surface area contributed by atoms with Gasteiger partial charge in [-0.2, -0.15) is 0 Å². The maximum Gasteiger partial charge on any atom is 0.337 e. The van der Waals surface area contributed by atoms with Crippen LogP contribution in [0, 0.1) is 11.6 Å². The number of carboxylic acids is 1. The number of aromatic carboxylic acids is 1. The van der Waals surface area contributed by atoms with Crippen molar-refractivity contribution in [3.05, 3.63) is 65.0 Å². The Labute approximate surface area is 137 Å². The van der Waals surface area contributed by atoms with Crippen LogP contribution in [0.2, 0.25) is 0 Å². The van der Waals surface area contributed by atoms with Crippen LogP contribution in [0.15, 0.2) is 36.7 Å². The monoisotopic (exact) mass is 334 g/mol. The average Bonchev–Trinajstić information content (AvgIpc) is 2.54. The standard InChI is InChI=1S/C17H16F2N2O3/c18-14-4-12(5-15(19)6-14)16-10-24-2-1-21(16)9-11-3-13(17(22)23)8-20-7-11/h3-8,16H,1-2,9-10H2,(H,22,23). The molecule has 1 aromatic carbocycles. The number of nitrogens with zero attached hydrogens (tertiary/aromatic N) is 2. The molecule has 0 amide bonds. The molecule has 0 bridgehead atoms. The molecule has 24 heavy (non-hydrogen) atoms. The number of aromatic nitrogens is 1.